The van der Waals surface area contributed by atoms with Gasteiger partial charge < -0.3 is 4.90 Å². The lowest BCUT2D eigenvalue weighted by Crippen LogP contribution is -2.24. The monoisotopic (exact) mass is 221 g/mol. The highest BCUT2D eigenvalue weighted by Crippen LogP contribution is 2.31. The Hall–Kier alpha value is -1.29. The summed E-state index contributed by atoms with van der Waals surface area (Å²) in [7, 11) is 1.63. The molecule has 0 atom stereocenters. The number of nitrogens with zero attached hydrogens (tertiary/aromatic N) is 1. The molecule has 78 valence electrons. The number of carbonyl (C=O) groups excluding carboxylic acids is 2. The van der Waals surface area contributed by atoms with Crippen molar-refractivity contribution in [2.45, 2.75) is 11.8 Å². The summed E-state index contributed by atoms with van der Waals surface area (Å²) in [5, 5.41) is 0. The number of Topliss-reactive ketones (excluding diaryl/α,β-unsaturated/α-hetero) is 1. The predicted molar refractivity (Wildman–Crippen MR) is 60.6 cm³/mol. The van der Waals surface area contributed by atoms with Crippen LogP contribution in [0.4, 0.5) is 5.69 Å². The zero-order valence-electron chi connectivity index (χ0n) is 8.61. The molecule has 0 radical (unpaired) electrons. The Morgan fingerprint density at radius 1 is 1.33 bits per heavy atom. The first-order chi connectivity index (χ1) is 7.15. The molecule has 3 nitrogen and oxygen atoms in total. The summed E-state index contributed by atoms with van der Waals surface area (Å²) in [6.07, 6.45) is 0. The molecular formula is C11H11NO2S. The summed E-state index contributed by atoms with van der Waals surface area (Å²) in [6, 6.07) is 5.51. The van der Waals surface area contributed by atoms with Gasteiger partial charge in [0.1, 0.15) is 0 Å². The van der Waals surface area contributed by atoms with Crippen LogP contribution in [-0.4, -0.2) is 24.5 Å². The Morgan fingerprint density at radius 2 is 2.07 bits per heavy atom. The summed E-state index contributed by atoms with van der Waals surface area (Å²) in [5.74, 6) is 0.133. The third-order valence-corrected chi connectivity index (χ3v) is 3.26. The van der Waals surface area contributed by atoms with Crippen molar-refractivity contribution in [1.82, 2.24) is 0 Å². The van der Waals surface area contributed by atoms with Crippen LogP contribution in [0.5, 0.6) is 0 Å². The van der Waals surface area contributed by atoms with Crippen LogP contribution in [0.2, 0.25) is 0 Å². The van der Waals surface area contributed by atoms with Crippen molar-refractivity contribution in [1.29, 1.82) is 0 Å². The number of hydrogen-bond acceptors (Lipinski definition) is 3. The molecule has 0 aromatic heterocycles. The van der Waals surface area contributed by atoms with E-state index < -0.39 is 11.7 Å². The van der Waals surface area contributed by atoms with E-state index in [0.29, 0.717) is 5.56 Å². The van der Waals surface area contributed by atoms with E-state index in [9.17, 15) is 9.59 Å². The van der Waals surface area contributed by atoms with Crippen molar-refractivity contribution >= 4 is 29.1 Å². The van der Waals surface area contributed by atoms with Crippen molar-refractivity contribution in [3.05, 3.63) is 23.8 Å². The highest BCUT2D eigenvalue weighted by Gasteiger charge is 2.33. The predicted octanol–water partition coefficient (Wildman–Crippen LogP) is 1.96. The largest absolute Gasteiger partial charge is 0.308 e. The fraction of sp³-hybridized carbons (Fsp3) is 0.273. The van der Waals surface area contributed by atoms with Gasteiger partial charge in [-0.25, -0.2) is 0 Å². The molecule has 1 aliphatic heterocycles. The van der Waals surface area contributed by atoms with Crippen molar-refractivity contribution in [3.8, 4) is 0 Å². The normalized spacial score (nSPS) is 14.7. The first-order valence-corrected chi connectivity index (χ1v) is 5.73. The quantitative estimate of drug-likeness (QED) is 0.566. The standard InChI is InChI=1S/C11H11NO2S/c1-3-15-7-4-5-8-9(6-7)12(2)11(14)10(8)13/h4-6H,3H2,1-2H3. The van der Waals surface area contributed by atoms with E-state index in [1.165, 1.54) is 4.90 Å². The minimum absolute atomic E-state index is 0.402. The Bertz CT molecular complexity index is 442. The van der Waals surface area contributed by atoms with E-state index in [1.807, 2.05) is 12.1 Å². The molecule has 0 spiro atoms. The van der Waals surface area contributed by atoms with Crippen LogP contribution in [0, 0.1) is 0 Å². The van der Waals surface area contributed by atoms with E-state index in [0.717, 1.165) is 16.3 Å². The molecule has 0 N–H and O–H groups in total. The van der Waals surface area contributed by atoms with Crippen LogP contribution in [0.3, 0.4) is 0 Å². The lowest BCUT2D eigenvalue weighted by atomic mass is 10.1. The summed E-state index contributed by atoms with van der Waals surface area (Å²) in [4.78, 5) is 25.4. The molecule has 1 amide bonds. The molecule has 0 saturated heterocycles. The number of likely N-dealkylation sites (N-methyl/N-ethyl adjacent to an activating group) is 1. The van der Waals surface area contributed by atoms with E-state index in [4.69, 9.17) is 0 Å². The van der Waals surface area contributed by atoms with Crippen LogP contribution in [-0.2, 0) is 4.79 Å². The summed E-state index contributed by atoms with van der Waals surface area (Å²) in [5.41, 5.74) is 1.24. The number of rotatable bonds is 2. The van der Waals surface area contributed by atoms with Crippen molar-refractivity contribution in [2.75, 3.05) is 17.7 Å². The van der Waals surface area contributed by atoms with Crippen LogP contribution in [0.1, 0.15) is 17.3 Å². The fourth-order valence-corrected chi connectivity index (χ4v) is 2.31. The van der Waals surface area contributed by atoms with Gasteiger partial charge in [-0.05, 0) is 24.0 Å². The third-order valence-electron chi connectivity index (χ3n) is 2.39. The first kappa shape index (κ1) is 10.2. The molecular weight excluding hydrogens is 210 g/mol. The van der Waals surface area contributed by atoms with Gasteiger partial charge in [-0.3, -0.25) is 9.59 Å². The smallest absolute Gasteiger partial charge is 0.299 e. The number of thioether (sulfide) groups is 1. The Labute approximate surface area is 92.5 Å². The maximum absolute atomic E-state index is 11.5. The number of amides is 1. The topological polar surface area (TPSA) is 37.4 Å². The first-order valence-electron chi connectivity index (χ1n) is 4.74. The van der Waals surface area contributed by atoms with Crippen molar-refractivity contribution < 1.29 is 9.59 Å². The number of anilines is 1. The zero-order chi connectivity index (χ0) is 11.0. The maximum Gasteiger partial charge on any atom is 0.299 e. The highest BCUT2D eigenvalue weighted by atomic mass is 32.2. The summed E-state index contributed by atoms with van der Waals surface area (Å²) in [6.45, 7) is 2.07. The number of ketones is 1. The second-order valence-corrected chi connectivity index (χ2v) is 4.64. The Balaban J connectivity index is 2.47. The molecule has 15 heavy (non-hydrogen) atoms. The molecule has 0 bridgehead atoms. The second-order valence-electron chi connectivity index (χ2n) is 3.31. The minimum Gasteiger partial charge on any atom is -0.308 e. The maximum atomic E-state index is 11.5. The van der Waals surface area contributed by atoms with Gasteiger partial charge in [-0.1, -0.05) is 6.92 Å². The van der Waals surface area contributed by atoms with Crippen LogP contribution >= 0.6 is 11.8 Å². The molecule has 1 heterocycles. The number of hydrogen-bond donors (Lipinski definition) is 0. The van der Waals surface area contributed by atoms with Gasteiger partial charge in [0.2, 0.25) is 0 Å². The van der Waals surface area contributed by atoms with Gasteiger partial charge in [-0.15, -0.1) is 11.8 Å². The summed E-state index contributed by atoms with van der Waals surface area (Å²) >= 11 is 1.70. The van der Waals surface area contributed by atoms with Crippen molar-refractivity contribution in [3.63, 3.8) is 0 Å². The van der Waals surface area contributed by atoms with Gasteiger partial charge >= 0.3 is 0 Å². The third kappa shape index (κ3) is 1.55. The molecule has 0 aliphatic carbocycles. The second kappa shape index (κ2) is 3.70. The van der Waals surface area contributed by atoms with Gasteiger partial charge in [0.05, 0.1) is 11.3 Å². The van der Waals surface area contributed by atoms with Crippen molar-refractivity contribution in [2.24, 2.45) is 0 Å². The Kier molecular flexibility index (Phi) is 2.52. The number of fused-ring (bicyclic) bond motifs is 1. The fourth-order valence-electron chi connectivity index (χ4n) is 1.61. The lowest BCUT2D eigenvalue weighted by molar-refractivity contribution is -0.114. The molecule has 4 heteroatoms. The molecule has 0 unspecified atom stereocenters. The molecule has 0 fully saturated rings. The average molecular weight is 221 g/mol. The van der Waals surface area contributed by atoms with Gasteiger partial charge in [-0.2, -0.15) is 0 Å². The van der Waals surface area contributed by atoms with E-state index >= 15 is 0 Å². The lowest BCUT2D eigenvalue weighted by Gasteiger charge is -2.09. The van der Waals surface area contributed by atoms with E-state index in [-0.39, 0.29) is 0 Å². The average Bonchev–Trinajstić information content (AvgIpc) is 2.45. The van der Waals surface area contributed by atoms with Crippen LogP contribution in [0.15, 0.2) is 23.1 Å². The molecule has 1 aliphatic rings. The van der Waals surface area contributed by atoms with Gasteiger partial charge in [0, 0.05) is 11.9 Å². The highest BCUT2D eigenvalue weighted by molar-refractivity contribution is 7.99. The molecule has 2 rings (SSSR count). The van der Waals surface area contributed by atoms with Crippen LogP contribution in [0.25, 0.3) is 0 Å². The SMILES string of the molecule is CCSc1ccc2c(c1)N(C)C(=O)C2=O. The number of carbonyl (C=O) groups is 2. The Morgan fingerprint density at radius 3 is 2.73 bits per heavy atom. The molecule has 1 aromatic rings. The minimum atomic E-state index is -0.441. The van der Waals surface area contributed by atoms with Crippen LogP contribution < -0.4 is 4.90 Å². The van der Waals surface area contributed by atoms with E-state index in [2.05, 4.69) is 6.92 Å². The number of benzene rings is 1. The van der Waals surface area contributed by atoms with E-state index in [1.54, 1.807) is 24.9 Å². The van der Waals surface area contributed by atoms with Gasteiger partial charge in [0.15, 0.2) is 0 Å². The summed E-state index contributed by atoms with van der Waals surface area (Å²) < 4.78 is 0. The molecule has 1 aromatic carbocycles. The zero-order valence-corrected chi connectivity index (χ0v) is 9.43. The van der Waals surface area contributed by atoms with Gasteiger partial charge in [0.25, 0.3) is 11.7 Å². The molecule has 0 saturated carbocycles.